The fraction of sp³-hybridized carbons (Fsp3) is 0.167. The molecular formula is C18H15ClN2O5S. The Hall–Kier alpha value is -2.71. The van der Waals surface area contributed by atoms with Crippen LogP contribution in [-0.2, 0) is 9.59 Å². The number of halogens is 1. The summed E-state index contributed by atoms with van der Waals surface area (Å²) in [6, 6.07) is 10.8. The van der Waals surface area contributed by atoms with Crippen LogP contribution in [-0.4, -0.2) is 34.5 Å². The minimum atomic E-state index is -0.856. The van der Waals surface area contributed by atoms with Crippen molar-refractivity contribution < 1.29 is 24.2 Å². The molecule has 27 heavy (non-hydrogen) atoms. The molecule has 7 nitrogen and oxygen atoms in total. The molecule has 2 aromatic rings. The lowest BCUT2D eigenvalue weighted by molar-refractivity contribution is -0.121. The summed E-state index contributed by atoms with van der Waals surface area (Å²) in [4.78, 5) is 38.2. The van der Waals surface area contributed by atoms with Gasteiger partial charge >= 0.3 is 0 Å². The summed E-state index contributed by atoms with van der Waals surface area (Å²) in [5.74, 6) is -0.634. The van der Waals surface area contributed by atoms with Gasteiger partial charge in [-0.3, -0.25) is 14.4 Å². The van der Waals surface area contributed by atoms with Crippen molar-refractivity contribution in [2.45, 2.75) is 11.7 Å². The monoisotopic (exact) mass is 406 g/mol. The van der Waals surface area contributed by atoms with Gasteiger partial charge in [-0.2, -0.15) is 0 Å². The molecule has 9 heteroatoms. The normalized spacial score (nSPS) is 16.5. The topological polar surface area (TPSA) is 95.9 Å². The van der Waals surface area contributed by atoms with Crippen LogP contribution in [0.4, 0.5) is 16.2 Å². The van der Waals surface area contributed by atoms with E-state index in [1.54, 1.807) is 24.3 Å². The van der Waals surface area contributed by atoms with E-state index in [4.69, 9.17) is 16.3 Å². The number of hydrogen-bond donors (Lipinski definition) is 2. The summed E-state index contributed by atoms with van der Waals surface area (Å²) < 4.78 is 5.11. The number of carbonyl (C=O) groups is 3. The number of nitrogens with one attached hydrogen (secondary N) is 1. The second kappa shape index (κ2) is 7.89. The van der Waals surface area contributed by atoms with Crippen LogP contribution in [0.3, 0.4) is 0 Å². The molecule has 2 N–H and O–H groups in total. The van der Waals surface area contributed by atoms with Gasteiger partial charge in [-0.25, -0.2) is 4.90 Å². The molecule has 1 heterocycles. The van der Waals surface area contributed by atoms with Crippen LogP contribution in [0, 0.1) is 0 Å². The lowest BCUT2D eigenvalue weighted by Gasteiger charge is -2.15. The van der Waals surface area contributed by atoms with Crippen molar-refractivity contribution in [2.75, 3.05) is 17.3 Å². The summed E-state index contributed by atoms with van der Waals surface area (Å²) >= 11 is 6.63. The number of anilines is 2. The number of amides is 3. The van der Waals surface area contributed by atoms with E-state index in [0.717, 1.165) is 16.7 Å². The zero-order valence-corrected chi connectivity index (χ0v) is 15.7. The fourth-order valence-electron chi connectivity index (χ4n) is 2.55. The van der Waals surface area contributed by atoms with Crippen molar-refractivity contribution in [1.82, 2.24) is 0 Å². The lowest BCUT2D eigenvalue weighted by Crippen LogP contribution is -2.32. The second-order valence-corrected chi connectivity index (χ2v) is 7.25. The van der Waals surface area contributed by atoms with Gasteiger partial charge in [0.2, 0.25) is 11.8 Å². The Labute approximate surface area is 164 Å². The summed E-state index contributed by atoms with van der Waals surface area (Å²) in [6.07, 6.45) is -0.221. The molecule has 2 aromatic carbocycles. The number of ether oxygens (including phenoxy) is 1. The minimum Gasteiger partial charge on any atom is -0.506 e. The highest BCUT2D eigenvalue weighted by Gasteiger charge is 2.41. The summed E-state index contributed by atoms with van der Waals surface area (Å²) in [7, 11) is 1.49. The summed E-state index contributed by atoms with van der Waals surface area (Å²) in [6.45, 7) is 0. The Kier molecular flexibility index (Phi) is 5.57. The van der Waals surface area contributed by atoms with E-state index in [1.165, 1.54) is 25.3 Å². The quantitative estimate of drug-likeness (QED) is 0.736. The van der Waals surface area contributed by atoms with E-state index in [0.29, 0.717) is 16.5 Å². The van der Waals surface area contributed by atoms with Crippen LogP contribution in [0.25, 0.3) is 0 Å². The first-order chi connectivity index (χ1) is 12.9. The van der Waals surface area contributed by atoms with Gasteiger partial charge < -0.3 is 15.2 Å². The Morgan fingerprint density at radius 2 is 2.07 bits per heavy atom. The number of methoxy groups -OCH3 is 1. The van der Waals surface area contributed by atoms with E-state index < -0.39 is 22.3 Å². The minimum absolute atomic E-state index is 0.138. The largest absolute Gasteiger partial charge is 0.506 e. The molecule has 0 radical (unpaired) electrons. The maximum Gasteiger partial charge on any atom is 0.293 e. The number of nitrogens with zero attached hydrogens (tertiary/aromatic N) is 1. The van der Waals surface area contributed by atoms with Gasteiger partial charge in [-0.05, 0) is 42.1 Å². The van der Waals surface area contributed by atoms with Crippen molar-refractivity contribution in [3.8, 4) is 11.5 Å². The molecule has 1 saturated heterocycles. The molecule has 0 spiro atoms. The van der Waals surface area contributed by atoms with Crippen LogP contribution in [0.1, 0.15) is 6.42 Å². The first-order valence-corrected chi connectivity index (χ1v) is 9.12. The van der Waals surface area contributed by atoms with Gasteiger partial charge in [0.25, 0.3) is 5.24 Å². The molecule has 1 aliphatic heterocycles. The summed E-state index contributed by atoms with van der Waals surface area (Å²) in [5.41, 5.74) is 0.520. The van der Waals surface area contributed by atoms with Gasteiger partial charge in [-0.15, -0.1) is 0 Å². The maximum atomic E-state index is 12.6. The third kappa shape index (κ3) is 4.17. The molecule has 1 atom stereocenters. The number of imide groups is 1. The number of aromatic hydroxyl groups is 1. The average Bonchev–Trinajstić information content (AvgIpc) is 2.91. The number of carbonyl (C=O) groups excluding carboxylic acids is 3. The highest BCUT2D eigenvalue weighted by Crippen LogP contribution is 2.35. The zero-order chi connectivity index (χ0) is 19.6. The number of thioether (sulfide) groups is 1. The zero-order valence-electron chi connectivity index (χ0n) is 14.1. The van der Waals surface area contributed by atoms with E-state index >= 15 is 0 Å². The molecule has 0 saturated carbocycles. The van der Waals surface area contributed by atoms with Crippen LogP contribution >= 0.6 is 23.4 Å². The van der Waals surface area contributed by atoms with Gasteiger partial charge in [0.15, 0.2) is 0 Å². The molecule has 1 fully saturated rings. The first-order valence-electron chi connectivity index (χ1n) is 7.86. The third-order valence-electron chi connectivity index (χ3n) is 3.84. The van der Waals surface area contributed by atoms with Crippen molar-refractivity contribution in [1.29, 1.82) is 0 Å². The third-order valence-corrected chi connectivity index (χ3v) is 5.11. The van der Waals surface area contributed by atoms with E-state index in [2.05, 4.69) is 5.32 Å². The molecule has 0 aromatic heterocycles. The smallest absolute Gasteiger partial charge is 0.293 e. The molecule has 0 aliphatic carbocycles. The maximum absolute atomic E-state index is 12.6. The number of benzene rings is 2. The molecule has 3 amide bonds. The molecule has 140 valence electrons. The molecule has 1 unspecified atom stereocenters. The first kappa shape index (κ1) is 19.1. The Bertz CT molecular complexity index is 920. The number of rotatable bonds is 5. The fourth-order valence-corrected chi connectivity index (χ4v) is 3.71. The Morgan fingerprint density at radius 1 is 1.30 bits per heavy atom. The number of phenols is 1. The number of hydrogen-bond acceptors (Lipinski definition) is 6. The van der Waals surface area contributed by atoms with Crippen molar-refractivity contribution in [3.63, 3.8) is 0 Å². The van der Waals surface area contributed by atoms with Crippen molar-refractivity contribution in [3.05, 3.63) is 47.5 Å². The predicted octanol–water partition coefficient (Wildman–Crippen LogP) is 3.65. The second-order valence-electron chi connectivity index (χ2n) is 5.66. The standard InChI is InChI=1S/C18H15ClN2O5S/c1-26-12-4-2-3-11(8-12)21-17(24)15(27-18(21)25)9-16(23)20-13-7-10(19)5-6-14(13)22/h2-8,15,22H,9H2,1H3,(H,20,23). The van der Waals surface area contributed by atoms with Crippen LogP contribution in [0.15, 0.2) is 42.5 Å². The van der Waals surface area contributed by atoms with Crippen molar-refractivity contribution in [2.24, 2.45) is 0 Å². The van der Waals surface area contributed by atoms with Gasteiger partial charge in [-0.1, -0.05) is 17.7 Å². The average molecular weight is 407 g/mol. The van der Waals surface area contributed by atoms with Gasteiger partial charge in [0.1, 0.15) is 16.7 Å². The molecule has 1 aliphatic rings. The highest BCUT2D eigenvalue weighted by atomic mass is 35.5. The van der Waals surface area contributed by atoms with Gasteiger partial charge in [0.05, 0.1) is 18.5 Å². The van der Waals surface area contributed by atoms with Crippen molar-refractivity contribution >= 4 is 51.8 Å². The Balaban J connectivity index is 1.71. The predicted molar refractivity (Wildman–Crippen MR) is 104 cm³/mol. The number of phenolic OH excluding ortho intramolecular Hbond substituents is 1. The molecular weight excluding hydrogens is 392 g/mol. The van der Waals surface area contributed by atoms with E-state index in [9.17, 15) is 19.5 Å². The highest BCUT2D eigenvalue weighted by molar-refractivity contribution is 8.15. The van der Waals surface area contributed by atoms with Crippen LogP contribution in [0.2, 0.25) is 5.02 Å². The van der Waals surface area contributed by atoms with E-state index in [1.807, 2.05) is 0 Å². The summed E-state index contributed by atoms with van der Waals surface area (Å²) in [5, 5.41) is 11.3. The Morgan fingerprint density at radius 3 is 2.81 bits per heavy atom. The molecule has 0 bridgehead atoms. The SMILES string of the molecule is COc1cccc(N2C(=O)SC(CC(=O)Nc3cc(Cl)ccc3O)C2=O)c1. The van der Waals surface area contributed by atoms with Gasteiger partial charge in [0, 0.05) is 17.5 Å². The molecule has 3 rings (SSSR count). The lowest BCUT2D eigenvalue weighted by atomic mass is 10.2. The van der Waals surface area contributed by atoms with Crippen LogP contribution < -0.4 is 15.0 Å². The van der Waals surface area contributed by atoms with Crippen LogP contribution in [0.5, 0.6) is 11.5 Å². The van der Waals surface area contributed by atoms with E-state index in [-0.39, 0.29) is 17.9 Å².